The second-order valence-corrected chi connectivity index (χ2v) is 8.96. The van der Waals surface area contributed by atoms with Crippen LogP contribution in [-0.2, 0) is 10.8 Å². The van der Waals surface area contributed by atoms with Gasteiger partial charge in [-0.25, -0.2) is 0 Å². The summed E-state index contributed by atoms with van der Waals surface area (Å²) in [4.78, 5) is 2.34. The third-order valence-electron chi connectivity index (χ3n) is 5.88. The van der Waals surface area contributed by atoms with Crippen molar-refractivity contribution in [2.75, 3.05) is 11.9 Å². The van der Waals surface area contributed by atoms with Crippen molar-refractivity contribution in [2.24, 2.45) is 0 Å². The molecule has 0 saturated carbocycles. The molecule has 24 heavy (non-hydrogen) atoms. The van der Waals surface area contributed by atoms with E-state index in [0.29, 0.717) is 0 Å². The average Bonchev–Trinajstić information content (AvgIpc) is 2.67. The van der Waals surface area contributed by atoms with Crippen molar-refractivity contribution in [3.8, 4) is 0 Å². The second kappa shape index (κ2) is 5.37. The van der Waals surface area contributed by atoms with E-state index in [1.807, 2.05) is 0 Å². The van der Waals surface area contributed by atoms with Crippen LogP contribution in [0.4, 0.5) is 11.4 Å². The molecule has 1 aliphatic rings. The van der Waals surface area contributed by atoms with Gasteiger partial charge in [-0.2, -0.15) is 0 Å². The van der Waals surface area contributed by atoms with Gasteiger partial charge in [0, 0.05) is 18.4 Å². The Morgan fingerprint density at radius 3 is 2.12 bits per heavy atom. The number of nitrogens with zero attached hydrogens (tertiary/aromatic N) is 1. The number of hydrogen-bond acceptors (Lipinski definition) is 1. The fraction of sp³-hybridized carbons (Fsp3) is 0.478. The Labute approximate surface area is 147 Å². The zero-order chi connectivity index (χ0) is 17.9. The lowest BCUT2D eigenvalue weighted by molar-refractivity contribution is 0.403. The number of hydrogen-bond donors (Lipinski definition) is 0. The maximum atomic E-state index is 2.42. The molecule has 0 heterocycles. The smallest absolute Gasteiger partial charge is 0.0443 e. The summed E-state index contributed by atoms with van der Waals surface area (Å²) in [5.74, 6) is 0. The summed E-state index contributed by atoms with van der Waals surface area (Å²) >= 11 is 0. The molecule has 128 valence electrons. The Hall–Kier alpha value is -1.76. The molecule has 0 unspecified atom stereocenters. The number of anilines is 2. The summed E-state index contributed by atoms with van der Waals surface area (Å²) < 4.78 is 0. The molecule has 3 rings (SSSR count). The number of aryl methyl sites for hydroxylation is 2. The topological polar surface area (TPSA) is 3.24 Å². The van der Waals surface area contributed by atoms with E-state index in [-0.39, 0.29) is 10.8 Å². The molecule has 2 aromatic rings. The van der Waals surface area contributed by atoms with Gasteiger partial charge in [0.25, 0.3) is 0 Å². The van der Waals surface area contributed by atoms with Gasteiger partial charge in [-0.05, 0) is 84.0 Å². The quantitative estimate of drug-likeness (QED) is 0.624. The van der Waals surface area contributed by atoms with E-state index < -0.39 is 0 Å². The van der Waals surface area contributed by atoms with Crippen molar-refractivity contribution < 1.29 is 0 Å². The fourth-order valence-electron chi connectivity index (χ4n) is 4.69. The Bertz CT molecular complexity index is 796. The Morgan fingerprint density at radius 2 is 1.46 bits per heavy atom. The number of fused-ring (bicyclic) bond motifs is 1. The SMILES string of the molecule is Cc1cc(C)c(C)c(N(C)c2ccc3c(c2)C(C)(C)CC3(C)C)c1. The van der Waals surface area contributed by atoms with E-state index in [2.05, 4.69) is 90.7 Å². The minimum absolute atomic E-state index is 0.243. The molecule has 1 nitrogen and oxygen atoms in total. The average molecular weight is 322 g/mol. The van der Waals surface area contributed by atoms with Crippen LogP contribution in [0.2, 0.25) is 0 Å². The van der Waals surface area contributed by atoms with Gasteiger partial charge in [0.2, 0.25) is 0 Å². The molecular weight excluding hydrogens is 290 g/mol. The lowest BCUT2D eigenvalue weighted by Gasteiger charge is -2.26. The van der Waals surface area contributed by atoms with Gasteiger partial charge < -0.3 is 4.90 Å². The molecule has 0 radical (unpaired) electrons. The molecule has 0 amide bonds. The van der Waals surface area contributed by atoms with Crippen LogP contribution >= 0.6 is 0 Å². The third kappa shape index (κ3) is 2.64. The van der Waals surface area contributed by atoms with Crippen LogP contribution in [0.3, 0.4) is 0 Å². The van der Waals surface area contributed by atoms with Crippen molar-refractivity contribution in [1.82, 2.24) is 0 Å². The van der Waals surface area contributed by atoms with Crippen molar-refractivity contribution in [2.45, 2.75) is 65.7 Å². The third-order valence-corrected chi connectivity index (χ3v) is 5.88. The highest BCUT2D eigenvalue weighted by molar-refractivity contribution is 5.69. The molecule has 2 aromatic carbocycles. The Morgan fingerprint density at radius 1 is 0.833 bits per heavy atom. The van der Waals surface area contributed by atoms with Crippen molar-refractivity contribution in [3.05, 3.63) is 58.1 Å². The molecule has 0 atom stereocenters. The fourth-order valence-corrected chi connectivity index (χ4v) is 4.69. The van der Waals surface area contributed by atoms with Crippen LogP contribution < -0.4 is 4.90 Å². The van der Waals surface area contributed by atoms with Gasteiger partial charge in [0.15, 0.2) is 0 Å². The molecule has 1 aliphatic carbocycles. The largest absolute Gasteiger partial charge is 0.344 e. The van der Waals surface area contributed by atoms with E-state index >= 15 is 0 Å². The van der Waals surface area contributed by atoms with Crippen LogP contribution in [0.15, 0.2) is 30.3 Å². The van der Waals surface area contributed by atoms with Gasteiger partial charge in [-0.15, -0.1) is 0 Å². The first kappa shape index (κ1) is 17.1. The van der Waals surface area contributed by atoms with Crippen LogP contribution in [0.5, 0.6) is 0 Å². The molecule has 0 aliphatic heterocycles. The maximum absolute atomic E-state index is 2.42. The van der Waals surface area contributed by atoms with E-state index in [1.165, 1.54) is 45.6 Å². The summed E-state index contributed by atoms with van der Waals surface area (Å²) in [5.41, 5.74) is 10.2. The standard InChI is InChI=1S/C23H31N/c1-15-11-16(2)17(3)21(12-15)24(8)18-9-10-19-20(13-18)23(6,7)14-22(19,4)5/h9-13H,14H2,1-8H3. The van der Waals surface area contributed by atoms with Gasteiger partial charge in [0.1, 0.15) is 0 Å². The van der Waals surface area contributed by atoms with Gasteiger partial charge in [0.05, 0.1) is 0 Å². The highest BCUT2D eigenvalue weighted by Gasteiger charge is 2.41. The number of rotatable bonds is 2. The predicted octanol–water partition coefficient (Wildman–Crippen LogP) is 6.34. The van der Waals surface area contributed by atoms with Crippen LogP contribution in [0.25, 0.3) is 0 Å². The Kier molecular flexibility index (Phi) is 3.82. The molecule has 0 aromatic heterocycles. The lowest BCUT2D eigenvalue weighted by atomic mass is 9.82. The highest BCUT2D eigenvalue weighted by atomic mass is 15.1. The van der Waals surface area contributed by atoms with Crippen molar-refractivity contribution >= 4 is 11.4 Å². The molecule has 0 bridgehead atoms. The van der Waals surface area contributed by atoms with Crippen molar-refractivity contribution in [3.63, 3.8) is 0 Å². The van der Waals surface area contributed by atoms with E-state index in [4.69, 9.17) is 0 Å². The van der Waals surface area contributed by atoms with Crippen LogP contribution in [0, 0.1) is 20.8 Å². The molecular formula is C23H31N. The predicted molar refractivity (Wildman–Crippen MR) is 106 cm³/mol. The minimum atomic E-state index is 0.243. The summed E-state index contributed by atoms with van der Waals surface area (Å²) in [6, 6.07) is 11.6. The first-order chi connectivity index (χ1) is 11.0. The van der Waals surface area contributed by atoms with Crippen LogP contribution in [-0.4, -0.2) is 7.05 Å². The summed E-state index contributed by atoms with van der Waals surface area (Å²) in [6.45, 7) is 16.1. The molecule has 0 saturated heterocycles. The maximum Gasteiger partial charge on any atom is 0.0443 e. The lowest BCUT2D eigenvalue weighted by Crippen LogP contribution is -2.18. The number of benzene rings is 2. The first-order valence-corrected chi connectivity index (χ1v) is 8.99. The Balaban J connectivity index is 2.10. The van der Waals surface area contributed by atoms with Gasteiger partial charge >= 0.3 is 0 Å². The first-order valence-electron chi connectivity index (χ1n) is 8.99. The normalized spacial score (nSPS) is 17.7. The second-order valence-electron chi connectivity index (χ2n) is 8.96. The van der Waals surface area contributed by atoms with E-state index in [0.717, 1.165) is 0 Å². The molecule has 0 fully saturated rings. The summed E-state index contributed by atoms with van der Waals surface area (Å²) in [5, 5.41) is 0. The zero-order valence-electron chi connectivity index (χ0n) is 16.5. The summed E-state index contributed by atoms with van der Waals surface area (Å²) in [6.07, 6.45) is 1.21. The zero-order valence-corrected chi connectivity index (χ0v) is 16.5. The molecule has 0 spiro atoms. The van der Waals surface area contributed by atoms with E-state index in [9.17, 15) is 0 Å². The van der Waals surface area contributed by atoms with Gasteiger partial charge in [-0.3, -0.25) is 0 Å². The van der Waals surface area contributed by atoms with E-state index in [1.54, 1.807) is 0 Å². The summed E-state index contributed by atoms with van der Waals surface area (Å²) in [7, 11) is 2.19. The monoisotopic (exact) mass is 321 g/mol. The van der Waals surface area contributed by atoms with Gasteiger partial charge in [-0.1, -0.05) is 39.8 Å². The molecule has 0 N–H and O–H groups in total. The van der Waals surface area contributed by atoms with Crippen molar-refractivity contribution in [1.29, 1.82) is 0 Å². The van der Waals surface area contributed by atoms with Crippen LogP contribution in [0.1, 0.15) is 61.9 Å². The highest BCUT2D eigenvalue weighted by Crippen LogP contribution is 2.50. The molecule has 1 heteroatoms. The minimum Gasteiger partial charge on any atom is -0.344 e.